The van der Waals surface area contributed by atoms with Gasteiger partial charge in [-0.2, -0.15) is 0 Å². The molecule has 0 bridgehead atoms. The lowest BCUT2D eigenvalue weighted by molar-refractivity contribution is -0.135. The van der Waals surface area contributed by atoms with E-state index in [9.17, 15) is 14.0 Å². The van der Waals surface area contributed by atoms with Crippen LogP contribution in [-0.2, 0) is 16.0 Å². The zero-order valence-electron chi connectivity index (χ0n) is 15.7. The van der Waals surface area contributed by atoms with Gasteiger partial charge in [-0.15, -0.1) is 0 Å². The molecule has 1 aromatic carbocycles. The monoisotopic (exact) mass is 363 g/mol. The second kappa shape index (κ2) is 9.67. The van der Waals surface area contributed by atoms with Crippen molar-refractivity contribution in [2.75, 3.05) is 13.1 Å². The number of rotatable bonds is 8. The Morgan fingerprint density at radius 1 is 1.31 bits per heavy atom. The molecular formula is C20H30FN3O2. The predicted molar refractivity (Wildman–Crippen MR) is 99.9 cm³/mol. The van der Waals surface area contributed by atoms with Gasteiger partial charge in [0.1, 0.15) is 5.82 Å². The van der Waals surface area contributed by atoms with E-state index in [2.05, 4.69) is 5.32 Å². The maximum absolute atomic E-state index is 13.4. The van der Waals surface area contributed by atoms with Crippen molar-refractivity contribution in [2.45, 2.75) is 58.0 Å². The molecule has 1 fully saturated rings. The van der Waals surface area contributed by atoms with Crippen LogP contribution in [0.15, 0.2) is 24.3 Å². The van der Waals surface area contributed by atoms with E-state index in [1.54, 1.807) is 6.07 Å². The van der Waals surface area contributed by atoms with Crippen LogP contribution in [0.25, 0.3) is 0 Å². The Morgan fingerprint density at radius 3 is 2.62 bits per heavy atom. The summed E-state index contributed by atoms with van der Waals surface area (Å²) in [7, 11) is 0. The van der Waals surface area contributed by atoms with Crippen LogP contribution in [0.4, 0.5) is 4.39 Å². The highest BCUT2D eigenvalue weighted by molar-refractivity contribution is 5.87. The van der Waals surface area contributed by atoms with Crippen LogP contribution in [0.3, 0.4) is 0 Å². The van der Waals surface area contributed by atoms with Gasteiger partial charge in [-0.25, -0.2) is 4.39 Å². The van der Waals surface area contributed by atoms with Gasteiger partial charge in [-0.05, 0) is 42.9 Å². The van der Waals surface area contributed by atoms with Gasteiger partial charge in [0.05, 0.1) is 12.6 Å². The first kappa shape index (κ1) is 20.4. The standard InChI is InChI=1S/C20H30FN3O2/c1-14(2)19(22)20(26)23-13-18(25)24(17-8-3-4-9-17)11-10-15-6-5-7-16(21)12-15/h5-7,12,14,17,19H,3-4,8-11,13,22H2,1-2H3,(H,23,26)/t19-/m0/s1. The zero-order chi connectivity index (χ0) is 19.1. The van der Waals surface area contributed by atoms with Crippen LogP contribution in [0.5, 0.6) is 0 Å². The third-order valence-electron chi connectivity index (χ3n) is 5.05. The molecule has 6 heteroatoms. The lowest BCUT2D eigenvalue weighted by atomic mass is 10.1. The number of benzene rings is 1. The van der Waals surface area contributed by atoms with Crippen molar-refractivity contribution in [1.29, 1.82) is 0 Å². The number of nitrogens with zero attached hydrogens (tertiary/aromatic N) is 1. The van der Waals surface area contributed by atoms with E-state index < -0.39 is 6.04 Å². The normalized spacial score (nSPS) is 15.9. The van der Waals surface area contributed by atoms with Crippen LogP contribution >= 0.6 is 0 Å². The van der Waals surface area contributed by atoms with Crippen LogP contribution in [0.2, 0.25) is 0 Å². The van der Waals surface area contributed by atoms with E-state index in [0.29, 0.717) is 13.0 Å². The first-order valence-electron chi connectivity index (χ1n) is 9.45. The minimum atomic E-state index is -0.616. The van der Waals surface area contributed by atoms with E-state index in [4.69, 9.17) is 5.73 Å². The molecule has 0 saturated heterocycles. The molecule has 144 valence electrons. The lowest BCUT2D eigenvalue weighted by Gasteiger charge is -2.29. The van der Waals surface area contributed by atoms with Gasteiger partial charge >= 0.3 is 0 Å². The number of amides is 2. The smallest absolute Gasteiger partial charge is 0.242 e. The summed E-state index contributed by atoms with van der Waals surface area (Å²) in [6.07, 6.45) is 4.78. The van der Waals surface area contributed by atoms with Gasteiger partial charge in [-0.3, -0.25) is 9.59 Å². The topological polar surface area (TPSA) is 75.4 Å². The Bertz CT molecular complexity index is 615. The number of carbonyl (C=O) groups is 2. The van der Waals surface area contributed by atoms with Crippen molar-refractivity contribution in [2.24, 2.45) is 11.7 Å². The van der Waals surface area contributed by atoms with Gasteiger partial charge in [0, 0.05) is 12.6 Å². The SMILES string of the molecule is CC(C)[C@H](N)C(=O)NCC(=O)N(CCc1cccc(F)c1)C1CCCC1. The number of hydrogen-bond donors (Lipinski definition) is 2. The van der Waals surface area contributed by atoms with Gasteiger partial charge in [-0.1, -0.05) is 38.8 Å². The highest BCUT2D eigenvalue weighted by atomic mass is 19.1. The van der Waals surface area contributed by atoms with E-state index in [1.165, 1.54) is 12.1 Å². The molecule has 1 saturated carbocycles. The van der Waals surface area contributed by atoms with Gasteiger partial charge in [0.25, 0.3) is 0 Å². The fourth-order valence-corrected chi connectivity index (χ4v) is 3.35. The Morgan fingerprint density at radius 2 is 2.00 bits per heavy atom. The lowest BCUT2D eigenvalue weighted by Crippen LogP contribution is -2.49. The minimum Gasteiger partial charge on any atom is -0.346 e. The number of halogens is 1. The van der Waals surface area contributed by atoms with Gasteiger partial charge in [0.15, 0.2) is 0 Å². The van der Waals surface area contributed by atoms with Crippen molar-refractivity contribution in [3.8, 4) is 0 Å². The van der Waals surface area contributed by atoms with Crippen LogP contribution in [-0.4, -0.2) is 41.9 Å². The van der Waals surface area contributed by atoms with Crippen LogP contribution in [0, 0.1) is 11.7 Å². The highest BCUT2D eigenvalue weighted by Crippen LogP contribution is 2.24. The summed E-state index contributed by atoms with van der Waals surface area (Å²) in [5, 5.41) is 2.66. The first-order valence-corrected chi connectivity index (χ1v) is 9.45. The van der Waals surface area contributed by atoms with E-state index in [1.807, 2.05) is 24.8 Å². The number of carbonyl (C=O) groups excluding carboxylic acids is 2. The van der Waals surface area contributed by atoms with Gasteiger partial charge < -0.3 is 16.0 Å². The molecule has 1 aliphatic carbocycles. The molecule has 1 aromatic rings. The number of nitrogens with two attached hydrogens (primary N) is 1. The van der Waals surface area contributed by atoms with Crippen molar-refractivity contribution < 1.29 is 14.0 Å². The summed E-state index contributed by atoms with van der Waals surface area (Å²) in [5.74, 6) is -0.650. The zero-order valence-corrected chi connectivity index (χ0v) is 15.7. The summed E-state index contributed by atoms with van der Waals surface area (Å²) in [5.41, 5.74) is 6.69. The van der Waals surface area contributed by atoms with Crippen molar-refractivity contribution in [3.63, 3.8) is 0 Å². The summed E-state index contributed by atoms with van der Waals surface area (Å²) in [6, 6.07) is 6.04. The summed E-state index contributed by atoms with van der Waals surface area (Å²) in [6.45, 7) is 4.23. The second-order valence-corrected chi connectivity index (χ2v) is 7.39. The average Bonchev–Trinajstić information content (AvgIpc) is 3.13. The van der Waals surface area contributed by atoms with Crippen molar-refractivity contribution in [3.05, 3.63) is 35.6 Å². The molecule has 2 amide bonds. The fraction of sp³-hybridized carbons (Fsp3) is 0.600. The molecule has 0 aromatic heterocycles. The first-order chi connectivity index (χ1) is 12.4. The van der Waals surface area contributed by atoms with E-state index >= 15 is 0 Å². The Hall–Kier alpha value is -1.95. The molecule has 0 spiro atoms. The molecule has 3 N–H and O–H groups in total. The Kier molecular flexibility index (Phi) is 7.57. The quantitative estimate of drug-likeness (QED) is 0.744. The van der Waals surface area contributed by atoms with Crippen molar-refractivity contribution in [1.82, 2.24) is 10.2 Å². The summed E-state index contributed by atoms with van der Waals surface area (Å²) >= 11 is 0. The third kappa shape index (κ3) is 5.80. The van der Waals surface area contributed by atoms with Crippen LogP contribution in [0.1, 0.15) is 45.1 Å². The Balaban J connectivity index is 1.95. The summed E-state index contributed by atoms with van der Waals surface area (Å²) < 4.78 is 13.4. The number of nitrogens with one attached hydrogen (secondary N) is 1. The summed E-state index contributed by atoms with van der Waals surface area (Å²) in [4.78, 5) is 26.6. The molecule has 2 rings (SSSR count). The van der Waals surface area contributed by atoms with Gasteiger partial charge in [0.2, 0.25) is 11.8 Å². The second-order valence-electron chi connectivity index (χ2n) is 7.39. The largest absolute Gasteiger partial charge is 0.346 e. The molecule has 26 heavy (non-hydrogen) atoms. The highest BCUT2D eigenvalue weighted by Gasteiger charge is 2.27. The maximum atomic E-state index is 13.4. The predicted octanol–water partition coefficient (Wildman–Crippen LogP) is 2.24. The molecule has 1 aliphatic rings. The number of hydrogen-bond acceptors (Lipinski definition) is 3. The molecule has 5 nitrogen and oxygen atoms in total. The minimum absolute atomic E-state index is 0.0176. The maximum Gasteiger partial charge on any atom is 0.242 e. The molecule has 0 heterocycles. The molecule has 0 aliphatic heterocycles. The fourth-order valence-electron chi connectivity index (χ4n) is 3.35. The van der Waals surface area contributed by atoms with Crippen LogP contribution < -0.4 is 11.1 Å². The molecule has 1 atom stereocenters. The molecule has 0 unspecified atom stereocenters. The molecule has 0 radical (unpaired) electrons. The molecular weight excluding hydrogens is 333 g/mol. The third-order valence-corrected chi connectivity index (χ3v) is 5.05. The Labute approximate surface area is 155 Å². The average molecular weight is 363 g/mol. The van der Waals surface area contributed by atoms with Crippen molar-refractivity contribution >= 4 is 11.8 Å². The van der Waals surface area contributed by atoms with E-state index in [-0.39, 0.29) is 36.1 Å². The van der Waals surface area contributed by atoms with E-state index in [0.717, 1.165) is 31.2 Å².